The molecule has 0 aliphatic carbocycles. The highest BCUT2D eigenvalue weighted by Gasteiger charge is 2.25. The lowest BCUT2D eigenvalue weighted by atomic mass is 9.94. The van der Waals surface area contributed by atoms with Gasteiger partial charge in [-0.2, -0.15) is 0 Å². The van der Waals surface area contributed by atoms with Crippen molar-refractivity contribution in [1.82, 2.24) is 5.32 Å². The van der Waals surface area contributed by atoms with E-state index in [1.165, 1.54) is 45.9 Å². The molecule has 4 heterocycles. The molecule has 1 atom stereocenters. The van der Waals surface area contributed by atoms with Gasteiger partial charge in [-0.1, -0.05) is 158 Å². The van der Waals surface area contributed by atoms with Gasteiger partial charge in [0.1, 0.15) is 23.2 Å². The van der Waals surface area contributed by atoms with Crippen molar-refractivity contribution in [3.05, 3.63) is 217 Å². The van der Waals surface area contributed by atoms with Crippen LogP contribution in [0.15, 0.2) is 215 Å². The minimum absolute atomic E-state index is 0.363. The molecule has 0 saturated heterocycles. The van der Waals surface area contributed by atoms with Crippen LogP contribution in [0.4, 0.5) is 0 Å². The lowest BCUT2D eigenvalue weighted by molar-refractivity contribution is 0.669. The van der Waals surface area contributed by atoms with Crippen molar-refractivity contribution in [2.24, 2.45) is 9.98 Å². The number of benzene rings is 9. The fourth-order valence-electron chi connectivity index (χ4n) is 9.27. The summed E-state index contributed by atoms with van der Waals surface area (Å²) in [7, 11) is 0. The number of thiophene rings is 2. The quantitative estimate of drug-likeness (QED) is 0.181. The van der Waals surface area contributed by atoms with E-state index in [4.69, 9.17) is 14.4 Å². The summed E-state index contributed by atoms with van der Waals surface area (Å²) >= 11 is 3.68. The first-order chi connectivity index (χ1) is 31.2. The minimum Gasteiger partial charge on any atom is -0.455 e. The van der Waals surface area contributed by atoms with Crippen LogP contribution in [0, 0.1) is 0 Å². The molecule has 3 aromatic heterocycles. The van der Waals surface area contributed by atoms with Crippen molar-refractivity contribution in [3.63, 3.8) is 0 Å². The largest absolute Gasteiger partial charge is 0.455 e. The van der Waals surface area contributed by atoms with Gasteiger partial charge < -0.3 is 9.73 Å². The number of furan rings is 1. The molecule has 1 aliphatic heterocycles. The normalized spacial score (nSPS) is 14.2. The number of aliphatic imine (C=N–C) groups is 2. The smallest absolute Gasteiger partial charge is 0.160 e. The second kappa shape index (κ2) is 14.5. The molecule has 0 saturated carbocycles. The standard InChI is InChI=1S/C57H35N3OS2/c1-3-12-34(13-4-1)35-22-24-37(25-23-35)56-58-55(36-14-5-2-6-15-36)59-57(60-56)45-18-11-19-48-53(45)47-31-40(38-26-28-43-41-16-7-9-20-49(41)62-51(43)32-38)30-46(54(47)61-48)39-27-29-44-42-17-8-10-21-50(42)63-52(44)33-39/h1-33,56H,(H,58,59,60). The predicted molar refractivity (Wildman–Crippen MR) is 268 cm³/mol. The van der Waals surface area contributed by atoms with E-state index < -0.39 is 0 Å². The first-order valence-corrected chi connectivity index (χ1v) is 22.8. The number of nitrogens with zero attached hydrogens (tertiary/aromatic N) is 2. The van der Waals surface area contributed by atoms with Crippen LogP contribution < -0.4 is 5.32 Å². The van der Waals surface area contributed by atoms with Gasteiger partial charge in [0, 0.05) is 67.8 Å². The Morgan fingerprint density at radius 3 is 1.71 bits per heavy atom. The van der Waals surface area contributed by atoms with Crippen LogP contribution in [0.5, 0.6) is 0 Å². The molecule has 63 heavy (non-hydrogen) atoms. The van der Waals surface area contributed by atoms with Crippen molar-refractivity contribution >= 4 is 96.6 Å². The highest BCUT2D eigenvalue weighted by molar-refractivity contribution is 7.26. The van der Waals surface area contributed by atoms with Crippen molar-refractivity contribution in [3.8, 4) is 33.4 Å². The van der Waals surface area contributed by atoms with E-state index in [0.717, 1.165) is 72.3 Å². The lowest BCUT2D eigenvalue weighted by Crippen LogP contribution is -2.33. The van der Waals surface area contributed by atoms with Crippen LogP contribution in [0.25, 0.3) is 95.7 Å². The molecular weight excluding hydrogens is 807 g/mol. The van der Waals surface area contributed by atoms with Crippen LogP contribution in [-0.2, 0) is 0 Å². The Bertz CT molecular complexity index is 3820. The summed E-state index contributed by atoms with van der Waals surface area (Å²) in [5, 5.41) is 10.8. The molecule has 12 aromatic rings. The molecule has 0 amide bonds. The summed E-state index contributed by atoms with van der Waals surface area (Å²) in [5.74, 6) is 1.43. The maximum atomic E-state index is 7.01. The fraction of sp³-hybridized carbons (Fsp3) is 0.0175. The Morgan fingerprint density at radius 2 is 1.00 bits per heavy atom. The fourth-order valence-corrected chi connectivity index (χ4v) is 11.6. The summed E-state index contributed by atoms with van der Waals surface area (Å²) < 4.78 is 12.1. The van der Waals surface area contributed by atoms with Gasteiger partial charge in [-0.25, -0.2) is 9.98 Å². The third-order valence-corrected chi connectivity index (χ3v) is 14.6. The Hall–Kier alpha value is -7.64. The van der Waals surface area contributed by atoms with Crippen molar-refractivity contribution in [2.75, 3.05) is 0 Å². The predicted octanol–water partition coefficient (Wildman–Crippen LogP) is 15.8. The van der Waals surface area contributed by atoms with E-state index in [9.17, 15) is 0 Å². The number of fused-ring (bicyclic) bond motifs is 9. The van der Waals surface area contributed by atoms with Gasteiger partial charge in [-0.05, 0) is 75.8 Å². The molecule has 0 radical (unpaired) electrons. The maximum absolute atomic E-state index is 7.01. The molecule has 1 aliphatic rings. The molecule has 1 N–H and O–H groups in total. The molecule has 296 valence electrons. The first kappa shape index (κ1) is 36.1. The third kappa shape index (κ3) is 6.10. The Morgan fingerprint density at radius 1 is 0.413 bits per heavy atom. The molecule has 0 bridgehead atoms. The van der Waals surface area contributed by atoms with E-state index in [1.54, 1.807) is 0 Å². The topological polar surface area (TPSA) is 49.9 Å². The van der Waals surface area contributed by atoms with Gasteiger partial charge >= 0.3 is 0 Å². The van der Waals surface area contributed by atoms with Crippen LogP contribution in [0.1, 0.15) is 22.9 Å². The molecule has 9 aromatic carbocycles. The number of amidine groups is 2. The molecule has 0 fully saturated rings. The summed E-state index contributed by atoms with van der Waals surface area (Å²) in [5.41, 5.74) is 11.4. The Balaban J connectivity index is 1.02. The molecule has 0 spiro atoms. The molecule has 4 nitrogen and oxygen atoms in total. The minimum atomic E-state index is -0.363. The zero-order chi connectivity index (χ0) is 41.4. The maximum Gasteiger partial charge on any atom is 0.160 e. The monoisotopic (exact) mass is 841 g/mol. The van der Waals surface area contributed by atoms with Gasteiger partial charge in [-0.15, -0.1) is 22.7 Å². The summed E-state index contributed by atoms with van der Waals surface area (Å²) in [6, 6.07) is 71.5. The van der Waals surface area contributed by atoms with Gasteiger partial charge in [0.25, 0.3) is 0 Å². The molecular formula is C57H35N3OS2. The average Bonchev–Trinajstić information content (AvgIpc) is 4.05. The van der Waals surface area contributed by atoms with Gasteiger partial charge in [0.2, 0.25) is 0 Å². The lowest BCUT2D eigenvalue weighted by Gasteiger charge is -2.24. The van der Waals surface area contributed by atoms with E-state index >= 15 is 0 Å². The Labute approximate surface area is 370 Å². The Kier molecular flexibility index (Phi) is 8.29. The number of hydrogen-bond acceptors (Lipinski definition) is 6. The summed E-state index contributed by atoms with van der Waals surface area (Å²) in [4.78, 5) is 10.7. The highest BCUT2D eigenvalue weighted by atomic mass is 32.1. The van der Waals surface area contributed by atoms with Crippen molar-refractivity contribution in [1.29, 1.82) is 0 Å². The number of nitrogens with one attached hydrogen (secondary N) is 1. The van der Waals surface area contributed by atoms with Crippen LogP contribution >= 0.6 is 22.7 Å². The van der Waals surface area contributed by atoms with E-state index in [1.807, 2.05) is 46.9 Å². The van der Waals surface area contributed by atoms with Crippen molar-refractivity contribution < 1.29 is 4.42 Å². The highest BCUT2D eigenvalue weighted by Crippen LogP contribution is 2.45. The SMILES string of the molecule is c1ccc(C2=NC(c3cccc4oc5c(-c6ccc7c(c6)sc6ccccc67)cc(-c6ccc7c(c6)sc6ccccc67)cc5c34)=NC(c3ccc(-c4ccccc4)cc3)N2)cc1. The van der Waals surface area contributed by atoms with E-state index in [2.05, 4.69) is 181 Å². The second-order valence-corrected chi connectivity index (χ2v) is 18.3. The van der Waals surface area contributed by atoms with E-state index in [-0.39, 0.29) is 6.17 Å². The molecule has 6 heteroatoms. The van der Waals surface area contributed by atoms with Gasteiger partial charge in [0.15, 0.2) is 5.84 Å². The number of hydrogen-bond donors (Lipinski definition) is 1. The second-order valence-electron chi connectivity index (χ2n) is 16.1. The summed E-state index contributed by atoms with van der Waals surface area (Å²) in [6.07, 6.45) is -0.363. The zero-order valence-corrected chi connectivity index (χ0v) is 35.4. The molecule has 1 unspecified atom stereocenters. The summed E-state index contributed by atoms with van der Waals surface area (Å²) in [6.45, 7) is 0. The van der Waals surface area contributed by atoms with E-state index in [0.29, 0.717) is 5.84 Å². The number of rotatable bonds is 6. The zero-order valence-electron chi connectivity index (χ0n) is 33.7. The third-order valence-electron chi connectivity index (χ3n) is 12.4. The molecule has 13 rings (SSSR count). The average molecular weight is 842 g/mol. The van der Waals surface area contributed by atoms with Crippen molar-refractivity contribution in [2.45, 2.75) is 6.17 Å². The van der Waals surface area contributed by atoms with Crippen LogP contribution in [-0.4, -0.2) is 11.7 Å². The van der Waals surface area contributed by atoms with Crippen LogP contribution in [0.3, 0.4) is 0 Å². The van der Waals surface area contributed by atoms with Crippen LogP contribution in [0.2, 0.25) is 0 Å². The first-order valence-electron chi connectivity index (χ1n) is 21.2. The van der Waals surface area contributed by atoms with Gasteiger partial charge in [0.05, 0.1) is 0 Å². The van der Waals surface area contributed by atoms with Gasteiger partial charge in [-0.3, -0.25) is 0 Å².